The van der Waals surface area contributed by atoms with Crippen LogP contribution in [0.3, 0.4) is 0 Å². The van der Waals surface area contributed by atoms with Crippen LogP contribution in [-0.2, 0) is 26.2 Å². The minimum Gasteiger partial charge on any atom is -0.359 e. The second-order valence-corrected chi connectivity index (χ2v) is 11.7. The summed E-state index contributed by atoms with van der Waals surface area (Å²) in [4.78, 5) is 27.6. The number of carbonyl (C=O) groups is 2. The molecule has 1 fully saturated rings. The fraction of sp³-hybridized carbons (Fsp3) is 0.393. The van der Waals surface area contributed by atoms with Gasteiger partial charge in [0.05, 0.1) is 4.90 Å². The first-order valence-electron chi connectivity index (χ1n) is 12.7. The normalized spacial score (nSPS) is 14.3. The molecule has 1 unspecified atom stereocenters. The Morgan fingerprint density at radius 2 is 1.74 bits per heavy atom. The Balaban J connectivity index is 1.61. The lowest BCUT2D eigenvalue weighted by Gasteiger charge is -2.33. The Kier molecular flexibility index (Phi) is 7.91. The van der Waals surface area contributed by atoms with E-state index in [-0.39, 0.29) is 40.9 Å². The number of hydrogen-bond donors (Lipinski definition) is 2. The van der Waals surface area contributed by atoms with Crippen LogP contribution in [-0.4, -0.2) is 43.4 Å². The summed E-state index contributed by atoms with van der Waals surface area (Å²) in [5.41, 5.74) is 2.71. The zero-order chi connectivity index (χ0) is 27.6. The first-order chi connectivity index (χ1) is 18.0. The fourth-order valence-electron chi connectivity index (χ4n) is 4.45. The lowest BCUT2D eigenvalue weighted by atomic mass is 9.99. The topological polar surface area (TPSA) is 122 Å². The monoisotopic (exact) mass is 538 g/mol. The number of carbonyl (C=O) groups excluding carboxylic acids is 2. The number of nitrogens with zero attached hydrogens (tertiary/aromatic N) is 2. The van der Waals surface area contributed by atoms with Crippen LogP contribution >= 0.6 is 0 Å². The maximum Gasteiger partial charge on any atom is 0.263 e. The summed E-state index contributed by atoms with van der Waals surface area (Å²) in [6, 6.07) is 13.6. The molecule has 10 heteroatoms. The molecule has 1 aliphatic carbocycles. The zero-order valence-electron chi connectivity index (χ0n) is 22.3. The minimum atomic E-state index is -3.95. The highest BCUT2D eigenvalue weighted by Gasteiger charge is 2.39. The summed E-state index contributed by atoms with van der Waals surface area (Å²) in [6.07, 6.45) is 1.69. The summed E-state index contributed by atoms with van der Waals surface area (Å²) < 4.78 is 34.2. The Hall–Kier alpha value is -3.66. The molecule has 0 spiro atoms. The van der Waals surface area contributed by atoms with Crippen molar-refractivity contribution in [2.24, 2.45) is 11.8 Å². The van der Waals surface area contributed by atoms with Crippen LogP contribution in [0, 0.1) is 25.7 Å². The molecule has 0 bridgehead atoms. The van der Waals surface area contributed by atoms with E-state index in [1.54, 1.807) is 50.1 Å². The van der Waals surface area contributed by atoms with Gasteiger partial charge in [0.1, 0.15) is 11.8 Å². The number of aryl methyl sites for hydroxylation is 1. The van der Waals surface area contributed by atoms with E-state index >= 15 is 0 Å². The number of amides is 2. The van der Waals surface area contributed by atoms with Crippen LogP contribution < -0.4 is 10.0 Å². The van der Waals surface area contributed by atoms with Gasteiger partial charge in [-0.3, -0.25) is 14.3 Å². The van der Waals surface area contributed by atoms with Gasteiger partial charge in [0.25, 0.3) is 10.0 Å². The van der Waals surface area contributed by atoms with Gasteiger partial charge in [-0.2, -0.15) is 0 Å². The van der Waals surface area contributed by atoms with Crippen molar-refractivity contribution in [3.8, 4) is 11.1 Å². The molecule has 9 nitrogen and oxygen atoms in total. The van der Waals surface area contributed by atoms with Crippen molar-refractivity contribution in [3.63, 3.8) is 0 Å². The third kappa shape index (κ3) is 5.75. The smallest absolute Gasteiger partial charge is 0.263 e. The van der Waals surface area contributed by atoms with Gasteiger partial charge in [-0.05, 0) is 49.8 Å². The summed E-state index contributed by atoms with van der Waals surface area (Å²) in [6.45, 7) is 7.61. The number of likely N-dealkylation sites (N-methyl/N-ethyl adjacent to an activating group) is 1. The van der Waals surface area contributed by atoms with Crippen molar-refractivity contribution in [2.75, 3.05) is 11.8 Å². The minimum absolute atomic E-state index is 0.00252. The summed E-state index contributed by atoms with van der Waals surface area (Å²) >= 11 is 0. The van der Waals surface area contributed by atoms with Gasteiger partial charge in [-0.15, -0.1) is 0 Å². The van der Waals surface area contributed by atoms with Crippen LogP contribution in [0.2, 0.25) is 0 Å². The number of sulfonamides is 1. The molecule has 1 atom stereocenters. The van der Waals surface area contributed by atoms with E-state index in [1.165, 1.54) is 0 Å². The van der Waals surface area contributed by atoms with Crippen molar-refractivity contribution >= 4 is 27.7 Å². The number of hydrogen-bond acceptors (Lipinski definition) is 6. The highest BCUT2D eigenvalue weighted by molar-refractivity contribution is 7.92. The molecule has 202 valence electrons. The predicted octanol–water partition coefficient (Wildman–Crippen LogP) is 4.27. The van der Waals surface area contributed by atoms with Crippen molar-refractivity contribution in [1.29, 1.82) is 0 Å². The van der Waals surface area contributed by atoms with E-state index in [9.17, 15) is 18.0 Å². The van der Waals surface area contributed by atoms with E-state index in [4.69, 9.17) is 4.52 Å². The number of nitrogens with one attached hydrogen (secondary N) is 2. The molecule has 1 heterocycles. The fourth-order valence-corrected chi connectivity index (χ4v) is 5.74. The molecule has 0 aliphatic heterocycles. The van der Waals surface area contributed by atoms with Crippen LogP contribution in [0.5, 0.6) is 0 Å². The van der Waals surface area contributed by atoms with Crippen molar-refractivity contribution < 1.29 is 22.5 Å². The lowest BCUT2D eigenvalue weighted by molar-refractivity contribution is -0.143. The SMILES string of the molecule is CNC(=O)C(C(C)C)N(Cc1ccc(-c2ccccc2S(=O)(=O)Nc2noc(C)c2C)cc1)C(=O)C1CC1. The van der Waals surface area contributed by atoms with Gasteiger partial charge < -0.3 is 14.7 Å². The Morgan fingerprint density at radius 1 is 1.08 bits per heavy atom. The first kappa shape index (κ1) is 27.4. The number of anilines is 1. The summed E-state index contributed by atoms with van der Waals surface area (Å²) in [5, 5.41) is 6.51. The molecule has 0 saturated heterocycles. The Labute approximate surface area is 223 Å². The molecular weight excluding hydrogens is 504 g/mol. The first-order valence-corrected chi connectivity index (χ1v) is 14.2. The maximum atomic E-state index is 13.3. The van der Waals surface area contributed by atoms with Crippen molar-refractivity contribution in [2.45, 2.75) is 58.0 Å². The van der Waals surface area contributed by atoms with Crippen LogP contribution in [0.1, 0.15) is 43.6 Å². The molecule has 2 aromatic carbocycles. The summed E-state index contributed by atoms with van der Waals surface area (Å²) in [5.74, 6) is 0.424. The van der Waals surface area contributed by atoms with Crippen LogP contribution in [0.15, 0.2) is 57.9 Å². The Morgan fingerprint density at radius 3 is 2.29 bits per heavy atom. The van der Waals surface area contributed by atoms with Gasteiger partial charge in [-0.25, -0.2) is 8.42 Å². The highest BCUT2D eigenvalue weighted by atomic mass is 32.2. The summed E-state index contributed by atoms with van der Waals surface area (Å²) in [7, 11) is -2.37. The van der Waals surface area contributed by atoms with E-state index in [0.29, 0.717) is 22.5 Å². The van der Waals surface area contributed by atoms with E-state index in [2.05, 4.69) is 15.2 Å². The standard InChI is InChI=1S/C28H34N4O5S/c1-17(2)25(27(33)29-5)32(28(34)22-14-15-22)16-20-10-12-21(13-11-20)23-8-6-7-9-24(23)38(35,36)31-26-18(3)19(4)37-30-26/h6-13,17,22,25H,14-16H2,1-5H3,(H,29,33)(H,30,31). The quantitative estimate of drug-likeness (QED) is 0.398. The average Bonchev–Trinajstić information content (AvgIpc) is 3.70. The van der Waals surface area contributed by atoms with E-state index in [1.807, 2.05) is 38.1 Å². The zero-order valence-corrected chi connectivity index (χ0v) is 23.1. The second kappa shape index (κ2) is 11.0. The van der Waals surface area contributed by atoms with Gasteiger partial charge in [-0.1, -0.05) is 61.5 Å². The van der Waals surface area contributed by atoms with Gasteiger partial charge in [0.15, 0.2) is 5.82 Å². The van der Waals surface area contributed by atoms with Gasteiger partial charge in [0.2, 0.25) is 11.8 Å². The number of benzene rings is 2. The third-order valence-corrected chi connectivity index (χ3v) is 8.27. The van der Waals surface area contributed by atoms with Crippen molar-refractivity contribution in [1.82, 2.24) is 15.4 Å². The molecular formula is C28H34N4O5S. The van der Waals surface area contributed by atoms with Gasteiger partial charge in [0, 0.05) is 30.6 Å². The highest BCUT2D eigenvalue weighted by Crippen LogP contribution is 2.34. The lowest BCUT2D eigenvalue weighted by Crippen LogP contribution is -2.51. The molecule has 4 rings (SSSR count). The third-order valence-electron chi connectivity index (χ3n) is 6.87. The molecule has 2 N–H and O–H groups in total. The second-order valence-electron chi connectivity index (χ2n) is 10.1. The predicted molar refractivity (Wildman–Crippen MR) is 145 cm³/mol. The number of aromatic nitrogens is 1. The Bertz CT molecular complexity index is 1430. The molecule has 0 radical (unpaired) electrons. The maximum absolute atomic E-state index is 13.3. The van der Waals surface area contributed by atoms with Crippen molar-refractivity contribution in [3.05, 3.63) is 65.4 Å². The molecule has 1 saturated carbocycles. The number of rotatable bonds is 10. The molecule has 1 aliphatic rings. The van der Waals surface area contributed by atoms with Crippen LogP contribution in [0.25, 0.3) is 11.1 Å². The molecule has 3 aromatic rings. The average molecular weight is 539 g/mol. The largest absolute Gasteiger partial charge is 0.359 e. The van der Waals surface area contributed by atoms with Crippen LogP contribution in [0.4, 0.5) is 5.82 Å². The molecule has 2 amide bonds. The molecule has 1 aromatic heterocycles. The van der Waals surface area contributed by atoms with E-state index in [0.717, 1.165) is 18.4 Å². The van der Waals surface area contributed by atoms with Gasteiger partial charge >= 0.3 is 0 Å². The van der Waals surface area contributed by atoms with E-state index < -0.39 is 16.1 Å². The molecule has 38 heavy (non-hydrogen) atoms.